The van der Waals surface area contributed by atoms with E-state index >= 15 is 0 Å². The molecule has 2 rings (SSSR count). The van der Waals surface area contributed by atoms with Gasteiger partial charge in [0.15, 0.2) is 5.78 Å². The van der Waals surface area contributed by atoms with Crippen molar-refractivity contribution in [3.05, 3.63) is 59.7 Å². The van der Waals surface area contributed by atoms with E-state index in [1.807, 2.05) is 36.0 Å². The van der Waals surface area contributed by atoms with E-state index in [1.165, 1.54) is 74.5 Å². The van der Waals surface area contributed by atoms with Gasteiger partial charge in [0.05, 0.1) is 0 Å². The van der Waals surface area contributed by atoms with Crippen LogP contribution in [0.3, 0.4) is 0 Å². The van der Waals surface area contributed by atoms with E-state index < -0.39 is 0 Å². The zero-order valence-corrected chi connectivity index (χ0v) is 18.1. The van der Waals surface area contributed by atoms with Gasteiger partial charge in [-0.1, -0.05) is 51.9 Å². The van der Waals surface area contributed by atoms with Crippen molar-refractivity contribution in [2.24, 2.45) is 0 Å². The second kappa shape index (κ2) is 13.1. The number of carbonyl (C=O) groups is 1. The molecule has 2 aromatic carbocycles. The summed E-state index contributed by atoms with van der Waals surface area (Å²) in [5.74, 6) is 0.937. The van der Waals surface area contributed by atoms with Crippen LogP contribution in [0.1, 0.15) is 74.2 Å². The van der Waals surface area contributed by atoms with Crippen LogP contribution in [0.15, 0.2) is 53.4 Å². The Morgan fingerprint density at radius 2 is 1.55 bits per heavy atom. The number of benzene rings is 2. The third-order valence-electron chi connectivity index (χ3n) is 4.83. The summed E-state index contributed by atoms with van der Waals surface area (Å²) < 4.78 is 0. The van der Waals surface area contributed by atoms with Crippen molar-refractivity contribution in [3.63, 3.8) is 0 Å². The van der Waals surface area contributed by atoms with Crippen LogP contribution in [0, 0.1) is 0 Å². The number of hydrogen-bond donors (Lipinski definition) is 2. The Morgan fingerprint density at radius 1 is 0.897 bits per heavy atom. The van der Waals surface area contributed by atoms with Gasteiger partial charge in [-0.25, -0.2) is 0 Å². The van der Waals surface area contributed by atoms with Gasteiger partial charge in [0.25, 0.3) is 0 Å². The lowest BCUT2D eigenvalue weighted by molar-refractivity contribution is 0.104. The lowest BCUT2D eigenvalue weighted by Crippen LogP contribution is -1.93. The number of rotatable bonds is 13. The molecule has 0 radical (unpaired) electrons. The fourth-order valence-corrected chi connectivity index (χ4v) is 3.99. The number of allylic oxidation sites excluding steroid dienone is 1. The maximum Gasteiger partial charge on any atom is 0.185 e. The van der Waals surface area contributed by atoms with E-state index in [-0.39, 0.29) is 17.3 Å². The topological polar surface area (TPSA) is 57.5 Å². The van der Waals surface area contributed by atoms with Crippen LogP contribution < -0.4 is 0 Å². The second-order valence-electron chi connectivity index (χ2n) is 7.29. The SMILES string of the molecule is CCCCCCCCCCSc1ccc(C(=O)C=Cc2ccc(O)cc2O)cc1. The molecule has 0 aromatic heterocycles. The second-order valence-corrected chi connectivity index (χ2v) is 8.46. The number of phenols is 2. The van der Waals surface area contributed by atoms with E-state index in [9.17, 15) is 15.0 Å². The first-order valence-corrected chi connectivity index (χ1v) is 11.6. The maximum absolute atomic E-state index is 12.3. The summed E-state index contributed by atoms with van der Waals surface area (Å²) in [7, 11) is 0. The Hall–Kier alpha value is -2.20. The van der Waals surface area contributed by atoms with E-state index in [1.54, 1.807) is 12.1 Å². The van der Waals surface area contributed by atoms with Crippen molar-refractivity contribution in [2.75, 3.05) is 5.75 Å². The number of unbranched alkanes of at least 4 members (excludes halogenated alkanes) is 7. The molecule has 0 aliphatic rings. The molecule has 0 aliphatic carbocycles. The number of thioether (sulfide) groups is 1. The Kier molecular flexibility index (Phi) is 10.4. The fourth-order valence-electron chi connectivity index (χ4n) is 3.08. The molecular weight excluding hydrogens is 380 g/mol. The van der Waals surface area contributed by atoms with Crippen LogP contribution in [0.2, 0.25) is 0 Å². The lowest BCUT2D eigenvalue weighted by Gasteiger charge is -2.04. The molecule has 0 amide bonds. The molecule has 0 unspecified atom stereocenters. The number of aromatic hydroxyl groups is 2. The molecular formula is C25H32O3S. The molecule has 3 nitrogen and oxygen atoms in total. The van der Waals surface area contributed by atoms with Crippen LogP contribution in [0.5, 0.6) is 11.5 Å². The highest BCUT2D eigenvalue weighted by Gasteiger charge is 2.04. The van der Waals surface area contributed by atoms with Crippen molar-refractivity contribution in [2.45, 2.75) is 63.2 Å². The Balaban J connectivity index is 1.71. The quantitative estimate of drug-likeness (QED) is 0.158. The van der Waals surface area contributed by atoms with Gasteiger partial charge < -0.3 is 10.2 Å². The third-order valence-corrected chi connectivity index (χ3v) is 5.93. The van der Waals surface area contributed by atoms with Gasteiger partial charge in [0.1, 0.15) is 11.5 Å². The normalized spacial score (nSPS) is 11.2. The molecule has 29 heavy (non-hydrogen) atoms. The third kappa shape index (κ3) is 8.78. The first kappa shape index (κ1) is 23.1. The highest BCUT2D eigenvalue weighted by Crippen LogP contribution is 2.24. The summed E-state index contributed by atoms with van der Waals surface area (Å²) in [5, 5.41) is 19.1. The minimum absolute atomic E-state index is 0.00830. The molecule has 2 N–H and O–H groups in total. The molecule has 0 saturated carbocycles. The van der Waals surface area contributed by atoms with Crippen molar-refractivity contribution in [1.82, 2.24) is 0 Å². The van der Waals surface area contributed by atoms with E-state index in [2.05, 4.69) is 6.92 Å². The molecule has 0 bridgehead atoms. The smallest absolute Gasteiger partial charge is 0.185 e. The fraction of sp³-hybridized carbons (Fsp3) is 0.400. The minimum atomic E-state index is -0.114. The van der Waals surface area contributed by atoms with Gasteiger partial charge in [-0.15, -0.1) is 11.8 Å². The monoisotopic (exact) mass is 412 g/mol. The van der Waals surface area contributed by atoms with Gasteiger partial charge in [-0.05, 0) is 60.7 Å². The van der Waals surface area contributed by atoms with Crippen LogP contribution in [0.25, 0.3) is 6.08 Å². The summed E-state index contributed by atoms with van der Waals surface area (Å²) in [6.07, 6.45) is 13.6. The average Bonchev–Trinajstić information content (AvgIpc) is 2.72. The van der Waals surface area contributed by atoms with Gasteiger partial charge in [0.2, 0.25) is 0 Å². The first-order chi connectivity index (χ1) is 14.1. The highest BCUT2D eigenvalue weighted by molar-refractivity contribution is 7.99. The molecule has 0 aliphatic heterocycles. The molecule has 2 aromatic rings. The molecule has 4 heteroatoms. The summed E-state index contributed by atoms with van der Waals surface area (Å²) in [6, 6.07) is 12.0. The number of phenolic OH excluding ortho intramolecular Hbond substituents is 2. The molecule has 156 valence electrons. The first-order valence-electron chi connectivity index (χ1n) is 10.6. The number of hydrogen-bond acceptors (Lipinski definition) is 4. The molecule has 0 spiro atoms. The van der Waals surface area contributed by atoms with E-state index in [0.717, 1.165) is 5.75 Å². The van der Waals surface area contributed by atoms with Gasteiger partial charge >= 0.3 is 0 Å². The molecule has 0 fully saturated rings. The van der Waals surface area contributed by atoms with Crippen molar-refractivity contribution >= 4 is 23.6 Å². The number of carbonyl (C=O) groups excluding carboxylic acids is 1. The summed E-state index contributed by atoms with van der Waals surface area (Å²) >= 11 is 1.84. The van der Waals surface area contributed by atoms with E-state index in [0.29, 0.717) is 11.1 Å². The highest BCUT2D eigenvalue weighted by atomic mass is 32.2. The number of ketones is 1. The van der Waals surface area contributed by atoms with Crippen molar-refractivity contribution in [1.29, 1.82) is 0 Å². The van der Waals surface area contributed by atoms with Gasteiger partial charge in [0, 0.05) is 22.1 Å². The molecule has 0 atom stereocenters. The minimum Gasteiger partial charge on any atom is -0.508 e. The predicted octanol–water partition coefficient (Wildman–Crippen LogP) is 7.23. The maximum atomic E-state index is 12.3. The molecule has 0 saturated heterocycles. The van der Waals surface area contributed by atoms with Gasteiger partial charge in [-0.2, -0.15) is 0 Å². The largest absolute Gasteiger partial charge is 0.508 e. The Morgan fingerprint density at radius 3 is 2.21 bits per heavy atom. The summed E-state index contributed by atoms with van der Waals surface area (Å²) in [6.45, 7) is 2.25. The molecule has 0 heterocycles. The van der Waals surface area contributed by atoms with Crippen molar-refractivity contribution in [3.8, 4) is 11.5 Å². The van der Waals surface area contributed by atoms with Gasteiger partial charge in [-0.3, -0.25) is 4.79 Å². The zero-order valence-electron chi connectivity index (χ0n) is 17.3. The van der Waals surface area contributed by atoms with Crippen LogP contribution in [-0.2, 0) is 0 Å². The van der Waals surface area contributed by atoms with Crippen LogP contribution >= 0.6 is 11.8 Å². The van der Waals surface area contributed by atoms with Crippen LogP contribution in [0.4, 0.5) is 0 Å². The van der Waals surface area contributed by atoms with E-state index in [4.69, 9.17) is 0 Å². The lowest BCUT2D eigenvalue weighted by atomic mass is 10.1. The summed E-state index contributed by atoms with van der Waals surface area (Å²) in [4.78, 5) is 13.5. The Labute approximate surface area is 178 Å². The predicted molar refractivity (Wildman–Crippen MR) is 123 cm³/mol. The Bertz CT molecular complexity index is 781. The van der Waals surface area contributed by atoms with Crippen LogP contribution in [-0.4, -0.2) is 21.7 Å². The average molecular weight is 413 g/mol. The summed E-state index contributed by atoms with van der Waals surface area (Å²) in [5.41, 5.74) is 1.12. The standard InChI is InChI=1S/C25H32O3S/c1-2-3-4-5-6-7-8-9-18-29-23-15-11-20(12-16-23)24(27)17-13-21-10-14-22(26)19-25(21)28/h10-17,19,26,28H,2-9,18H2,1H3. The van der Waals surface area contributed by atoms with Crippen molar-refractivity contribution < 1.29 is 15.0 Å². The zero-order chi connectivity index (χ0) is 20.9.